The largest absolute Gasteiger partial charge is 0.460 e. The highest BCUT2D eigenvalue weighted by molar-refractivity contribution is 7.89. The number of carbonyl (C=O) groups excluding carboxylic acids is 1. The van der Waals surface area contributed by atoms with Gasteiger partial charge in [0, 0.05) is 6.42 Å². The molecule has 9 heteroatoms. The summed E-state index contributed by atoms with van der Waals surface area (Å²) in [5, 5.41) is 0. The van der Waals surface area contributed by atoms with Crippen LogP contribution in [0.5, 0.6) is 0 Å². The maximum Gasteiger partial charge on any atom is 0.416 e. The minimum Gasteiger partial charge on any atom is -0.460 e. The van der Waals surface area contributed by atoms with E-state index in [-0.39, 0.29) is 13.0 Å². The molecule has 2 aliphatic rings. The van der Waals surface area contributed by atoms with Crippen molar-refractivity contribution in [2.24, 2.45) is 0 Å². The predicted octanol–water partition coefficient (Wildman–Crippen LogP) is 1.39. The van der Waals surface area contributed by atoms with Crippen LogP contribution in [-0.2, 0) is 25.7 Å². The third kappa shape index (κ3) is 2.30. The number of morpholine rings is 1. The summed E-state index contributed by atoms with van der Waals surface area (Å²) in [7, 11) is -4.15. The fraction of sp³-hybridized carbons (Fsp3) is 0.417. The third-order valence-electron chi connectivity index (χ3n) is 3.54. The number of rotatable bonds is 2. The smallest absolute Gasteiger partial charge is 0.416 e. The highest BCUT2D eigenvalue weighted by atomic mass is 32.2. The molecule has 0 radical (unpaired) electrons. The lowest BCUT2D eigenvalue weighted by molar-refractivity contribution is -0.148. The van der Waals surface area contributed by atoms with E-state index < -0.39 is 44.8 Å². The number of hydrogen-bond acceptors (Lipinski definition) is 4. The van der Waals surface area contributed by atoms with Crippen LogP contribution in [0.25, 0.3) is 0 Å². The monoisotopic (exact) mass is 321 g/mol. The Kier molecular flexibility index (Phi) is 3.03. The van der Waals surface area contributed by atoms with Crippen LogP contribution in [0.4, 0.5) is 13.2 Å². The lowest BCUT2D eigenvalue weighted by atomic mass is 10.2. The Labute approximate surface area is 118 Å². The van der Waals surface area contributed by atoms with Crippen molar-refractivity contribution >= 4 is 16.0 Å². The molecule has 21 heavy (non-hydrogen) atoms. The third-order valence-corrected chi connectivity index (χ3v) is 5.41. The second-order valence-corrected chi connectivity index (χ2v) is 6.80. The Hall–Kier alpha value is -1.61. The first-order chi connectivity index (χ1) is 9.69. The molecule has 2 aliphatic heterocycles. The summed E-state index contributed by atoms with van der Waals surface area (Å²) in [6, 6.07) is 2.55. The van der Waals surface area contributed by atoms with E-state index in [0.717, 1.165) is 22.5 Å². The molecule has 2 fully saturated rings. The van der Waals surface area contributed by atoms with Crippen molar-refractivity contribution in [2.75, 3.05) is 6.54 Å². The van der Waals surface area contributed by atoms with E-state index >= 15 is 0 Å². The molecule has 1 aromatic rings. The highest BCUT2D eigenvalue weighted by Crippen LogP contribution is 2.35. The van der Waals surface area contributed by atoms with Crippen LogP contribution in [0.15, 0.2) is 29.2 Å². The number of benzene rings is 1. The van der Waals surface area contributed by atoms with Gasteiger partial charge in [-0.2, -0.15) is 17.5 Å². The van der Waals surface area contributed by atoms with E-state index in [0.29, 0.717) is 6.07 Å². The lowest BCUT2D eigenvalue weighted by Crippen LogP contribution is -2.44. The van der Waals surface area contributed by atoms with Gasteiger partial charge in [0.25, 0.3) is 0 Å². The zero-order valence-electron chi connectivity index (χ0n) is 10.5. The van der Waals surface area contributed by atoms with Crippen LogP contribution in [0.3, 0.4) is 0 Å². The van der Waals surface area contributed by atoms with Gasteiger partial charge in [0.2, 0.25) is 10.0 Å². The fourth-order valence-corrected chi connectivity index (χ4v) is 4.21. The van der Waals surface area contributed by atoms with Gasteiger partial charge in [-0.3, -0.25) is 4.79 Å². The van der Waals surface area contributed by atoms with Crippen molar-refractivity contribution in [3.8, 4) is 0 Å². The van der Waals surface area contributed by atoms with E-state index in [4.69, 9.17) is 4.74 Å². The Bertz CT molecular complexity index is 701. The summed E-state index contributed by atoms with van der Waals surface area (Å²) >= 11 is 0. The number of hydrogen-bond donors (Lipinski definition) is 0. The topological polar surface area (TPSA) is 63.7 Å². The molecule has 2 atom stereocenters. The summed E-state index contributed by atoms with van der Waals surface area (Å²) in [5.41, 5.74) is -1.05. The average Bonchev–Trinajstić information content (AvgIpc) is 2.97. The van der Waals surface area contributed by atoms with Crippen LogP contribution in [-0.4, -0.2) is 37.4 Å². The van der Waals surface area contributed by atoms with Gasteiger partial charge in [-0.15, -0.1) is 0 Å². The molecule has 0 amide bonds. The minimum atomic E-state index is -4.63. The molecular formula is C12H10F3NO4S. The molecule has 2 bridgehead atoms. The zero-order chi connectivity index (χ0) is 15.4. The van der Waals surface area contributed by atoms with Gasteiger partial charge in [0.15, 0.2) is 0 Å². The maximum atomic E-state index is 12.7. The first-order valence-corrected chi connectivity index (χ1v) is 7.53. The molecule has 0 aliphatic carbocycles. The number of ether oxygens (including phenoxy) is 1. The first-order valence-electron chi connectivity index (χ1n) is 6.09. The summed E-state index contributed by atoms with van der Waals surface area (Å²) in [6.45, 7) is -0.0189. The molecule has 0 N–H and O–H groups in total. The van der Waals surface area contributed by atoms with E-state index in [1.165, 1.54) is 0 Å². The number of nitrogens with zero attached hydrogens (tertiary/aromatic N) is 1. The molecule has 2 unspecified atom stereocenters. The molecule has 3 rings (SSSR count). The fourth-order valence-electron chi connectivity index (χ4n) is 2.54. The molecule has 0 spiro atoms. The Morgan fingerprint density at radius 3 is 2.57 bits per heavy atom. The van der Waals surface area contributed by atoms with Crippen molar-refractivity contribution < 1.29 is 31.1 Å². The molecule has 2 saturated heterocycles. The number of fused-ring (bicyclic) bond motifs is 2. The zero-order valence-corrected chi connectivity index (χ0v) is 11.3. The second-order valence-electron chi connectivity index (χ2n) is 4.91. The number of esters is 1. The van der Waals surface area contributed by atoms with E-state index in [9.17, 15) is 26.4 Å². The maximum absolute atomic E-state index is 12.7. The van der Waals surface area contributed by atoms with Crippen molar-refractivity contribution in [1.29, 1.82) is 0 Å². The first kappa shape index (κ1) is 14.3. The molecule has 0 saturated carbocycles. The Morgan fingerprint density at radius 1 is 1.29 bits per heavy atom. The molecule has 114 valence electrons. The highest BCUT2D eigenvalue weighted by Gasteiger charge is 2.51. The van der Waals surface area contributed by atoms with Crippen molar-refractivity contribution in [3.05, 3.63) is 29.8 Å². The molecule has 1 aromatic carbocycles. The van der Waals surface area contributed by atoms with Gasteiger partial charge in [0.1, 0.15) is 12.1 Å². The SMILES string of the molecule is O=C1OC2CC1N(S(=O)(=O)c1cccc(C(F)(F)F)c1)C2. The Balaban J connectivity index is 1.98. The quantitative estimate of drug-likeness (QED) is 0.772. The molecule has 0 aromatic heterocycles. The second kappa shape index (κ2) is 4.44. The summed E-state index contributed by atoms with van der Waals surface area (Å²) in [5.74, 6) is -0.651. The predicted molar refractivity (Wildman–Crippen MR) is 63.6 cm³/mol. The lowest BCUT2D eigenvalue weighted by Gasteiger charge is -2.25. The van der Waals surface area contributed by atoms with Gasteiger partial charge < -0.3 is 4.74 Å². The van der Waals surface area contributed by atoms with E-state index in [1.807, 2.05) is 0 Å². The van der Waals surface area contributed by atoms with Gasteiger partial charge in [-0.1, -0.05) is 6.07 Å². The standard InChI is InChI=1S/C12H10F3NO4S/c13-12(14,15)7-2-1-3-9(4-7)21(18,19)16-6-8-5-10(16)11(17)20-8/h1-4,8,10H,5-6H2. The summed E-state index contributed by atoms with van der Waals surface area (Å²) < 4.78 is 68.6. The number of alkyl halides is 3. The Morgan fingerprint density at radius 2 is 2.00 bits per heavy atom. The number of carbonyl (C=O) groups is 1. The van der Waals surface area contributed by atoms with E-state index in [1.54, 1.807) is 0 Å². The molecular weight excluding hydrogens is 311 g/mol. The van der Waals surface area contributed by atoms with Crippen molar-refractivity contribution in [1.82, 2.24) is 4.31 Å². The van der Waals surface area contributed by atoms with Gasteiger partial charge in [-0.25, -0.2) is 8.42 Å². The average molecular weight is 321 g/mol. The van der Waals surface area contributed by atoms with Crippen molar-refractivity contribution in [2.45, 2.75) is 29.6 Å². The minimum absolute atomic E-state index is 0.0189. The van der Waals surface area contributed by atoms with Gasteiger partial charge in [-0.05, 0) is 18.2 Å². The van der Waals surface area contributed by atoms with Crippen LogP contribution in [0.1, 0.15) is 12.0 Å². The summed E-state index contributed by atoms with van der Waals surface area (Å²) in [4.78, 5) is 11.0. The van der Waals surface area contributed by atoms with Gasteiger partial charge in [0.05, 0.1) is 17.0 Å². The molecule has 2 heterocycles. The van der Waals surface area contributed by atoms with Crippen LogP contribution in [0, 0.1) is 0 Å². The normalized spacial score (nSPS) is 26.1. The number of halogens is 3. The van der Waals surface area contributed by atoms with Gasteiger partial charge >= 0.3 is 12.1 Å². The molecule has 5 nitrogen and oxygen atoms in total. The van der Waals surface area contributed by atoms with Crippen molar-refractivity contribution in [3.63, 3.8) is 0 Å². The van der Waals surface area contributed by atoms with Crippen LogP contribution >= 0.6 is 0 Å². The van der Waals surface area contributed by atoms with E-state index in [2.05, 4.69) is 0 Å². The number of sulfonamides is 1. The summed E-state index contributed by atoms with van der Waals surface area (Å²) in [6.07, 6.45) is -4.89. The van der Waals surface area contributed by atoms with Crippen LogP contribution < -0.4 is 0 Å². The van der Waals surface area contributed by atoms with Crippen LogP contribution in [0.2, 0.25) is 0 Å².